The molecule has 2 heterocycles. The quantitative estimate of drug-likeness (QED) is 0.330. The highest BCUT2D eigenvalue weighted by molar-refractivity contribution is 7.80. The lowest BCUT2D eigenvalue weighted by atomic mass is 10.2. The summed E-state index contributed by atoms with van der Waals surface area (Å²) in [5, 5.41) is 10.5. The number of aryl methyl sites for hydroxylation is 2. The SMILES string of the molecule is COc1ccc(NC(=S)NCCCn2cncc2C)cc1OCCCCN1CCNCC1. The van der Waals surface area contributed by atoms with Crippen molar-refractivity contribution in [2.75, 3.05) is 58.3 Å². The van der Waals surface area contributed by atoms with Crippen LogP contribution in [0.25, 0.3) is 0 Å². The van der Waals surface area contributed by atoms with Crippen LogP contribution >= 0.6 is 12.2 Å². The van der Waals surface area contributed by atoms with Crippen LogP contribution in [0.4, 0.5) is 5.69 Å². The summed E-state index contributed by atoms with van der Waals surface area (Å²) in [6.07, 6.45) is 6.84. The minimum absolute atomic E-state index is 0.597. The molecule has 1 aliphatic rings. The summed E-state index contributed by atoms with van der Waals surface area (Å²) in [7, 11) is 1.66. The first-order chi connectivity index (χ1) is 15.7. The van der Waals surface area contributed by atoms with Crippen LogP contribution in [0.5, 0.6) is 11.5 Å². The van der Waals surface area contributed by atoms with E-state index in [4.69, 9.17) is 21.7 Å². The first kappa shape index (κ1) is 24.3. The lowest BCUT2D eigenvalue weighted by Gasteiger charge is -2.27. The zero-order valence-corrected chi connectivity index (χ0v) is 20.0. The number of ether oxygens (including phenoxy) is 2. The molecule has 0 radical (unpaired) electrons. The fraction of sp³-hybridized carbons (Fsp3) is 0.565. The molecule has 0 spiro atoms. The number of aromatic nitrogens is 2. The van der Waals surface area contributed by atoms with E-state index in [-0.39, 0.29) is 0 Å². The summed E-state index contributed by atoms with van der Waals surface area (Å²) in [5.74, 6) is 1.46. The second-order valence-corrected chi connectivity index (χ2v) is 8.38. The molecular weight excluding hydrogens is 424 g/mol. The van der Waals surface area contributed by atoms with E-state index < -0.39 is 0 Å². The van der Waals surface area contributed by atoms with Crippen molar-refractivity contribution in [1.29, 1.82) is 0 Å². The van der Waals surface area contributed by atoms with Gasteiger partial charge in [0.1, 0.15) is 0 Å². The average molecular weight is 461 g/mol. The van der Waals surface area contributed by atoms with Crippen LogP contribution in [0.3, 0.4) is 0 Å². The molecule has 176 valence electrons. The molecule has 32 heavy (non-hydrogen) atoms. The number of piperazine rings is 1. The smallest absolute Gasteiger partial charge is 0.170 e. The topological polar surface area (TPSA) is 75.6 Å². The molecule has 3 N–H and O–H groups in total. The number of hydrogen-bond donors (Lipinski definition) is 3. The maximum absolute atomic E-state index is 6.02. The van der Waals surface area contributed by atoms with Gasteiger partial charge in [-0.3, -0.25) is 0 Å². The first-order valence-electron chi connectivity index (χ1n) is 11.4. The van der Waals surface area contributed by atoms with Gasteiger partial charge >= 0.3 is 0 Å². The summed E-state index contributed by atoms with van der Waals surface area (Å²) in [4.78, 5) is 6.65. The molecule has 1 saturated heterocycles. The van der Waals surface area contributed by atoms with Crippen molar-refractivity contribution in [3.63, 3.8) is 0 Å². The first-order valence-corrected chi connectivity index (χ1v) is 11.8. The number of nitrogens with zero attached hydrogens (tertiary/aromatic N) is 3. The van der Waals surface area contributed by atoms with Crippen LogP contribution in [0.15, 0.2) is 30.7 Å². The van der Waals surface area contributed by atoms with Crippen molar-refractivity contribution in [1.82, 2.24) is 25.1 Å². The van der Waals surface area contributed by atoms with Crippen molar-refractivity contribution in [2.45, 2.75) is 32.7 Å². The molecule has 0 atom stereocenters. The Morgan fingerprint density at radius 3 is 2.75 bits per heavy atom. The van der Waals surface area contributed by atoms with Crippen molar-refractivity contribution in [2.24, 2.45) is 0 Å². The van der Waals surface area contributed by atoms with Crippen LogP contribution in [0, 0.1) is 6.92 Å². The van der Waals surface area contributed by atoms with Gasteiger partial charge in [-0.05, 0) is 57.1 Å². The minimum Gasteiger partial charge on any atom is -0.493 e. The predicted molar refractivity (Wildman–Crippen MR) is 133 cm³/mol. The van der Waals surface area contributed by atoms with E-state index >= 15 is 0 Å². The fourth-order valence-electron chi connectivity index (χ4n) is 3.67. The summed E-state index contributed by atoms with van der Waals surface area (Å²) in [6, 6.07) is 5.79. The molecule has 2 aromatic rings. The lowest BCUT2D eigenvalue weighted by molar-refractivity contribution is 0.224. The molecule has 3 rings (SSSR count). The second kappa shape index (κ2) is 13.2. The Morgan fingerprint density at radius 1 is 1.16 bits per heavy atom. The van der Waals surface area contributed by atoms with E-state index in [2.05, 4.69) is 37.3 Å². The highest BCUT2D eigenvalue weighted by atomic mass is 32.1. The monoisotopic (exact) mass is 460 g/mol. The van der Waals surface area contributed by atoms with Gasteiger partial charge in [-0.1, -0.05) is 0 Å². The van der Waals surface area contributed by atoms with E-state index in [0.717, 1.165) is 82.3 Å². The van der Waals surface area contributed by atoms with Gasteiger partial charge in [-0.25, -0.2) is 4.98 Å². The summed E-state index contributed by atoms with van der Waals surface area (Å²) < 4.78 is 13.6. The highest BCUT2D eigenvalue weighted by Gasteiger charge is 2.10. The van der Waals surface area contributed by atoms with Gasteiger partial charge in [0, 0.05) is 62.9 Å². The number of methoxy groups -OCH3 is 1. The molecule has 1 aromatic carbocycles. The van der Waals surface area contributed by atoms with Gasteiger partial charge in [-0.2, -0.15) is 0 Å². The Kier molecular flexibility index (Phi) is 10.1. The summed E-state index contributed by atoms with van der Waals surface area (Å²) >= 11 is 5.44. The van der Waals surface area contributed by atoms with Crippen molar-refractivity contribution in [3.8, 4) is 11.5 Å². The van der Waals surface area contributed by atoms with Crippen LogP contribution in [-0.2, 0) is 6.54 Å². The number of unbranched alkanes of at least 4 members (excludes halogenated alkanes) is 1. The number of rotatable bonds is 12. The number of imidazole rings is 1. The standard InChI is InChI=1S/C23H36N6O2S/c1-19-17-25-18-29(19)12-5-8-26-23(32)27-20-6-7-21(30-2)22(16-20)31-15-4-3-11-28-13-9-24-10-14-28/h6-7,16-18,24H,3-5,8-15H2,1-2H3,(H2,26,27,32). The van der Waals surface area contributed by atoms with Crippen molar-refractivity contribution < 1.29 is 9.47 Å². The van der Waals surface area contributed by atoms with Crippen molar-refractivity contribution in [3.05, 3.63) is 36.4 Å². The Balaban J connectivity index is 1.37. The third-order valence-electron chi connectivity index (χ3n) is 5.54. The van der Waals surface area contributed by atoms with E-state index in [1.807, 2.05) is 30.7 Å². The zero-order valence-electron chi connectivity index (χ0n) is 19.2. The maximum Gasteiger partial charge on any atom is 0.170 e. The van der Waals surface area contributed by atoms with Gasteiger partial charge in [0.2, 0.25) is 0 Å². The largest absolute Gasteiger partial charge is 0.493 e. The molecule has 1 aromatic heterocycles. The van der Waals surface area contributed by atoms with Gasteiger partial charge in [0.15, 0.2) is 16.6 Å². The van der Waals surface area contributed by atoms with Gasteiger partial charge < -0.3 is 34.9 Å². The average Bonchev–Trinajstić information content (AvgIpc) is 3.22. The number of benzene rings is 1. The van der Waals surface area contributed by atoms with Crippen LogP contribution in [0.2, 0.25) is 0 Å². The number of hydrogen-bond acceptors (Lipinski definition) is 6. The van der Waals surface area contributed by atoms with Gasteiger partial charge in [0.05, 0.1) is 20.0 Å². The van der Waals surface area contributed by atoms with E-state index in [1.165, 1.54) is 5.69 Å². The van der Waals surface area contributed by atoms with E-state index in [9.17, 15) is 0 Å². The fourth-order valence-corrected chi connectivity index (χ4v) is 3.89. The second-order valence-electron chi connectivity index (χ2n) is 7.98. The third-order valence-corrected chi connectivity index (χ3v) is 5.79. The van der Waals surface area contributed by atoms with Crippen LogP contribution in [-0.4, -0.2) is 72.5 Å². The van der Waals surface area contributed by atoms with E-state index in [0.29, 0.717) is 11.7 Å². The molecule has 0 saturated carbocycles. The Bertz CT molecular complexity index is 838. The number of thiocarbonyl (C=S) groups is 1. The molecule has 8 nitrogen and oxygen atoms in total. The third kappa shape index (κ3) is 7.96. The molecule has 9 heteroatoms. The predicted octanol–water partition coefficient (Wildman–Crippen LogP) is 2.64. The highest BCUT2D eigenvalue weighted by Crippen LogP contribution is 2.30. The van der Waals surface area contributed by atoms with Gasteiger partial charge in [-0.15, -0.1) is 0 Å². The van der Waals surface area contributed by atoms with Gasteiger partial charge in [0.25, 0.3) is 0 Å². The molecule has 0 bridgehead atoms. The lowest BCUT2D eigenvalue weighted by Crippen LogP contribution is -2.43. The molecule has 0 amide bonds. The number of nitrogens with one attached hydrogen (secondary N) is 3. The summed E-state index contributed by atoms with van der Waals surface area (Å²) in [5.41, 5.74) is 2.05. The Labute approximate surface area is 196 Å². The van der Waals surface area contributed by atoms with E-state index in [1.54, 1.807) is 7.11 Å². The maximum atomic E-state index is 6.02. The van der Waals surface area contributed by atoms with Crippen LogP contribution in [0.1, 0.15) is 25.0 Å². The Morgan fingerprint density at radius 2 is 2.00 bits per heavy atom. The molecule has 0 aliphatic carbocycles. The van der Waals surface area contributed by atoms with Crippen molar-refractivity contribution >= 4 is 23.0 Å². The molecule has 1 fully saturated rings. The summed E-state index contributed by atoms with van der Waals surface area (Å²) in [6.45, 7) is 10.0. The molecule has 1 aliphatic heterocycles. The normalized spacial score (nSPS) is 14.2. The Hall–Kier alpha value is -2.36. The zero-order chi connectivity index (χ0) is 22.6. The molecular formula is C23H36N6O2S. The van der Waals surface area contributed by atoms with Crippen LogP contribution < -0.4 is 25.4 Å². The number of anilines is 1. The minimum atomic E-state index is 0.597. The molecule has 0 unspecified atom stereocenters.